The molecule has 4 rings (SSSR count). The van der Waals surface area contributed by atoms with E-state index in [1.165, 1.54) is 11.8 Å². The fourth-order valence-electron chi connectivity index (χ4n) is 3.67. The number of imide groups is 1. The van der Waals surface area contributed by atoms with Gasteiger partial charge in [-0.25, -0.2) is 0 Å². The Labute approximate surface area is 171 Å². The molecule has 0 saturated carbocycles. The van der Waals surface area contributed by atoms with E-state index in [-0.39, 0.29) is 11.1 Å². The Balaban J connectivity index is 1.70. The summed E-state index contributed by atoms with van der Waals surface area (Å²) in [6.45, 7) is 1.45. The summed E-state index contributed by atoms with van der Waals surface area (Å²) < 4.78 is 5.83. The molecule has 0 spiro atoms. The molecule has 5 atom stereocenters. The maximum atomic E-state index is 13.0. The number of carbonyl (C=O) groups is 2. The van der Waals surface area contributed by atoms with Gasteiger partial charge in [-0.2, -0.15) is 0 Å². The van der Waals surface area contributed by atoms with Gasteiger partial charge >= 0.3 is 0 Å². The molecule has 8 heteroatoms. The first kappa shape index (κ1) is 20.1. The van der Waals surface area contributed by atoms with E-state index in [0.29, 0.717) is 0 Å². The lowest BCUT2D eigenvalue weighted by molar-refractivity contribution is -0.181. The minimum atomic E-state index is -1.47. The molecule has 0 bridgehead atoms. The van der Waals surface area contributed by atoms with Crippen LogP contribution < -0.4 is 0 Å². The van der Waals surface area contributed by atoms with Crippen molar-refractivity contribution in [2.75, 3.05) is 6.61 Å². The van der Waals surface area contributed by atoms with Gasteiger partial charge in [-0.1, -0.05) is 41.6 Å². The first-order valence-corrected chi connectivity index (χ1v) is 10.1. The third-order valence-corrected chi connectivity index (χ3v) is 6.41. The fourth-order valence-corrected chi connectivity index (χ4v) is 4.85. The average Bonchev–Trinajstić information content (AvgIpc) is 2.97. The molecule has 2 heterocycles. The highest BCUT2D eigenvalue weighted by Gasteiger charge is 2.52. The zero-order valence-corrected chi connectivity index (χ0v) is 16.5. The van der Waals surface area contributed by atoms with Gasteiger partial charge in [-0.15, -0.1) is 0 Å². The minimum absolute atomic E-state index is 0.252. The van der Waals surface area contributed by atoms with Crippen LogP contribution in [-0.4, -0.2) is 68.4 Å². The van der Waals surface area contributed by atoms with Crippen molar-refractivity contribution in [3.8, 4) is 0 Å². The highest BCUT2D eigenvalue weighted by molar-refractivity contribution is 7.99. The molecule has 29 heavy (non-hydrogen) atoms. The number of benzene rings is 2. The molecule has 0 aliphatic carbocycles. The average molecular weight is 415 g/mol. The molecule has 2 amide bonds. The van der Waals surface area contributed by atoms with Gasteiger partial charge in [0.2, 0.25) is 0 Å². The van der Waals surface area contributed by atoms with Crippen LogP contribution in [0.3, 0.4) is 0 Å². The topological polar surface area (TPSA) is 107 Å². The molecule has 3 N–H and O–H groups in total. The molecule has 152 valence electrons. The second kappa shape index (κ2) is 7.89. The summed E-state index contributed by atoms with van der Waals surface area (Å²) in [7, 11) is 0. The van der Waals surface area contributed by atoms with Gasteiger partial charge in [0.15, 0.2) is 0 Å². The second-order valence-corrected chi connectivity index (χ2v) is 8.33. The number of hydrogen-bond acceptors (Lipinski definition) is 7. The first-order chi connectivity index (χ1) is 13.9. The zero-order valence-electron chi connectivity index (χ0n) is 15.6. The molecule has 2 aliphatic rings. The van der Waals surface area contributed by atoms with Gasteiger partial charge in [-0.05, 0) is 31.2 Å². The van der Waals surface area contributed by atoms with E-state index in [0.717, 1.165) is 15.4 Å². The molecule has 2 aromatic carbocycles. The largest absolute Gasteiger partial charge is 0.394 e. The van der Waals surface area contributed by atoms with Crippen LogP contribution in [0.15, 0.2) is 53.4 Å². The van der Waals surface area contributed by atoms with Gasteiger partial charge < -0.3 is 20.1 Å². The van der Waals surface area contributed by atoms with Crippen molar-refractivity contribution in [2.45, 2.75) is 41.6 Å². The van der Waals surface area contributed by atoms with Gasteiger partial charge in [-0.3, -0.25) is 14.5 Å². The van der Waals surface area contributed by atoms with Gasteiger partial charge in [0.25, 0.3) is 11.8 Å². The van der Waals surface area contributed by atoms with Crippen LogP contribution in [0, 0.1) is 6.92 Å². The Morgan fingerprint density at radius 3 is 2.10 bits per heavy atom. The zero-order chi connectivity index (χ0) is 20.7. The maximum absolute atomic E-state index is 13.0. The Kier molecular flexibility index (Phi) is 5.46. The van der Waals surface area contributed by atoms with Crippen molar-refractivity contribution >= 4 is 23.6 Å². The van der Waals surface area contributed by atoms with Crippen molar-refractivity contribution in [1.82, 2.24) is 4.90 Å². The lowest BCUT2D eigenvalue weighted by Crippen LogP contribution is -2.64. The van der Waals surface area contributed by atoms with E-state index in [1.54, 1.807) is 24.3 Å². The lowest BCUT2D eigenvalue weighted by Gasteiger charge is -2.44. The smallest absolute Gasteiger partial charge is 0.262 e. The molecule has 0 radical (unpaired) electrons. The van der Waals surface area contributed by atoms with E-state index in [2.05, 4.69) is 0 Å². The lowest BCUT2D eigenvalue weighted by atomic mass is 9.97. The van der Waals surface area contributed by atoms with Crippen LogP contribution in [0.2, 0.25) is 0 Å². The van der Waals surface area contributed by atoms with Gasteiger partial charge in [0, 0.05) is 4.90 Å². The second-order valence-electron chi connectivity index (χ2n) is 7.15. The van der Waals surface area contributed by atoms with E-state index in [9.17, 15) is 24.9 Å². The molecule has 0 unspecified atom stereocenters. The summed E-state index contributed by atoms with van der Waals surface area (Å²) in [5.74, 6) is -1.08. The van der Waals surface area contributed by atoms with Crippen molar-refractivity contribution in [1.29, 1.82) is 0 Å². The number of aliphatic hydroxyl groups excluding tert-OH is 3. The fraction of sp³-hybridized carbons (Fsp3) is 0.333. The number of fused-ring (bicyclic) bond motifs is 1. The number of rotatable bonds is 4. The maximum Gasteiger partial charge on any atom is 0.262 e. The summed E-state index contributed by atoms with van der Waals surface area (Å²) in [6.07, 6.45) is -3.94. The first-order valence-electron chi connectivity index (χ1n) is 9.25. The van der Waals surface area contributed by atoms with Crippen LogP contribution in [0.1, 0.15) is 26.3 Å². The molecular weight excluding hydrogens is 394 g/mol. The van der Waals surface area contributed by atoms with E-state index < -0.39 is 48.2 Å². The van der Waals surface area contributed by atoms with E-state index in [1.807, 2.05) is 31.2 Å². The predicted octanol–water partition coefficient (Wildman–Crippen LogP) is 1.19. The number of thioether (sulfide) groups is 1. The van der Waals surface area contributed by atoms with Gasteiger partial charge in [0.05, 0.1) is 17.7 Å². The van der Waals surface area contributed by atoms with E-state index >= 15 is 0 Å². The van der Waals surface area contributed by atoms with E-state index in [4.69, 9.17) is 4.74 Å². The quantitative estimate of drug-likeness (QED) is 0.644. The number of amides is 2. The van der Waals surface area contributed by atoms with Crippen molar-refractivity contribution < 1.29 is 29.6 Å². The number of carbonyl (C=O) groups excluding carboxylic acids is 2. The Morgan fingerprint density at radius 2 is 1.55 bits per heavy atom. The molecule has 2 aliphatic heterocycles. The molecule has 0 aromatic heterocycles. The Bertz CT molecular complexity index is 898. The van der Waals surface area contributed by atoms with Crippen molar-refractivity contribution in [2.24, 2.45) is 0 Å². The Morgan fingerprint density at radius 1 is 0.966 bits per heavy atom. The summed E-state index contributed by atoms with van der Waals surface area (Å²) >= 11 is 1.23. The van der Waals surface area contributed by atoms with Crippen LogP contribution in [0.4, 0.5) is 0 Å². The Hall–Kier alpha value is -2.23. The summed E-state index contributed by atoms with van der Waals surface area (Å²) in [4.78, 5) is 27.7. The minimum Gasteiger partial charge on any atom is -0.394 e. The third kappa shape index (κ3) is 3.47. The van der Waals surface area contributed by atoms with Crippen LogP contribution >= 0.6 is 11.8 Å². The predicted molar refractivity (Wildman–Crippen MR) is 106 cm³/mol. The monoisotopic (exact) mass is 415 g/mol. The highest BCUT2D eigenvalue weighted by atomic mass is 32.2. The van der Waals surface area contributed by atoms with Crippen molar-refractivity contribution in [3.05, 3.63) is 65.2 Å². The summed E-state index contributed by atoms with van der Waals surface area (Å²) in [5.41, 5.74) is 0.708. The normalized spacial score (nSPS) is 29.2. The van der Waals surface area contributed by atoms with Crippen molar-refractivity contribution in [3.63, 3.8) is 0 Å². The standard InChI is InChI=1S/C21H21NO6S/c1-11-6-8-12(9-7-11)29-21-16(18(25)17(24)15(10-23)28-21)22-19(26)13-4-2-3-5-14(13)20(22)27/h2-9,15-18,21,23-25H,10H2,1H3/t15-,16+,17+,18-,21+/m1/s1. The summed E-state index contributed by atoms with van der Waals surface area (Å²) in [6, 6.07) is 12.9. The molecular formula is C21H21NO6S. The van der Waals surface area contributed by atoms with Gasteiger partial charge in [0.1, 0.15) is 29.8 Å². The number of hydrogen-bond donors (Lipinski definition) is 3. The number of ether oxygens (including phenoxy) is 1. The summed E-state index contributed by atoms with van der Waals surface area (Å²) in [5, 5.41) is 30.7. The van der Waals surface area contributed by atoms with Crippen LogP contribution in [0.5, 0.6) is 0 Å². The van der Waals surface area contributed by atoms with Crippen LogP contribution in [-0.2, 0) is 4.74 Å². The highest BCUT2D eigenvalue weighted by Crippen LogP contribution is 2.38. The molecule has 1 fully saturated rings. The number of aryl methyl sites for hydroxylation is 1. The molecule has 1 saturated heterocycles. The third-order valence-electron chi connectivity index (χ3n) is 5.25. The number of aliphatic hydroxyl groups is 3. The van der Waals surface area contributed by atoms with Crippen LogP contribution in [0.25, 0.3) is 0 Å². The molecule has 7 nitrogen and oxygen atoms in total. The SMILES string of the molecule is Cc1ccc(S[C@@H]2O[C@H](CO)[C@H](O)[C@H](O)[C@@H]2N2C(=O)c3ccccc3C2=O)cc1. The molecule has 2 aromatic rings. The number of nitrogens with zero attached hydrogens (tertiary/aromatic N) is 1.